The number of rotatable bonds is 0. The molecule has 0 unspecified atom stereocenters. The zero-order chi connectivity index (χ0) is 8.69. The number of aromatic nitrogens is 2. The lowest BCUT2D eigenvalue weighted by Gasteiger charge is -1.93. The zero-order valence-corrected chi connectivity index (χ0v) is 7.57. The van der Waals surface area contributed by atoms with Gasteiger partial charge in [-0.25, -0.2) is 4.98 Å². The third-order valence-corrected chi connectivity index (χ3v) is 1.14. The van der Waals surface area contributed by atoms with Crippen molar-refractivity contribution in [3.05, 3.63) is 24.1 Å². The van der Waals surface area contributed by atoms with Crippen LogP contribution < -0.4 is 5.49 Å². The molecule has 0 saturated heterocycles. The molecule has 0 N–H and O–H groups in total. The maximum absolute atomic E-state index is 3.99. The van der Waals surface area contributed by atoms with Crippen molar-refractivity contribution in [2.75, 3.05) is 7.05 Å². The Morgan fingerprint density at radius 2 is 2.09 bits per heavy atom. The molecule has 0 aromatic carbocycles. The number of hydrogen-bond donors (Lipinski definition) is 0. The Labute approximate surface area is 67.4 Å². The van der Waals surface area contributed by atoms with Gasteiger partial charge >= 0.3 is 0 Å². The van der Waals surface area contributed by atoms with Crippen LogP contribution in [0.2, 0.25) is 0 Å². The first-order valence-corrected chi connectivity index (χ1v) is 3.74. The first-order chi connectivity index (χ1) is 5.34. The van der Waals surface area contributed by atoms with Gasteiger partial charge in [0.05, 0.1) is 6.33 Å². The van der Waals surface area contributed by atoms with E-state index in [4.69, 9.17) is 0 Å². The van der Waals surface area contributed by atoms with E-state index in [9.17, 15) is 0 Å². The monoisotopic (exact) mass is 153 g/mol. The molecule has 0 saturated carbocycles. The fourth-order valence-electron chi connectivity index (χ4n) is 0.657. The smallest absolute Gasteiger partial charge is 0.129 e. The molecular formula is C8H15N3. The van der Waals surface area contributed by atoms with Crippen LogP contribution in [0.15, 0.2) is 23.6 Å². The van der Waals surface area contributed by atoms with Crippen molar-refractivity contribution in [1.82, 2.24) is 9.55 Å². The predicted octanol–water partition coefficient (Wildman–Crippen LogP) is 0.977. The van der Waals surface area contributed by atoms with E-state index in [0.29, 0.717) is 0 Å². The number of hydrogen-bond acceptors (Lipinski definition) is 2. The molecule has 0 bridgehead atoms. The third-order valence-electron chi connectivity index (χ3n) is 1.14. The second-order valence-electron chi connectivity index (χ2n) is 1.77. The largest absolute Gasteiger partial charge is 0.321 e. The molecule has 0 amide bonds. The van der Waals surface area contributed by atoms with Crippen LogP contribution in [0.4, 0.5) is 0 Å². The summed E-state index contributed by atoms with van der Waals surface area (Å²) in [6.07, 6.45) is 3.45. The predicted molar refractivity (Wildman–Crippen MR) is 46.0 cm³/mol. The van der Waals surface area contributed by atoms with E-state index in [0.717, 1.165) is 5.49 Å². The van der Waals surface area contributed by atoms with Gasteiger partial charge in [-0.15, -0.1) is 0 Å². The van der Waals surface area contributed by atoms with E-state index in [1.807, 2.05) is 31.5 Å². The minimum atomic E-state index is 0.935. The van der Waals surface area contributed by atoms with Gasteiger partial charge in [-0.2, -0.15) is 0 Å². The topological polar surface area (TPSA) is 30.2 Å². The average Bonchev–Trinajstić information content (AvgIpc) is 2.09. The molecule has 0 atom stereocenters. The number of nitrogens with zero attached hydrogens (tertiary/aromatic N) is 3. The highest BCUT2D eigenvalue weighted by molar-refractivity contribution is 4.79. The number of aryl methyl sites for hydroxylation is 1. The third kappa shape index (κ3) is 2.98. The van der Waals surface area contributed by atoms with Gasteiger partial charge in [-0.05, 0) is 6.07 Å². The second kappa shape index (κ2) is 5.65. The van der Waals surface area contributed by atoms with Crippen molar-refractivity contribution in [2.45, 2.75) is 13.8 Å². The minimum absolute atomic E-state index is 0.935. The first-order valence-electron chi connectivity index (χ1n) is 3.74. The standard InChI is InChI=1S/C6H9N3.C2H6/c1-7-6-3-4-8-5-9(6)2;1-2/h3-5H,1-2H3;1-2H3. The maximum atomic E-state index is 3.99. The molecule has 3 nitrogen and oxygen atoms in total. The van der Waals surface area contributed by atoms with Gasteiger partial charge in [0.25, 0.3) is 0 Å². The van der Waals surface area contributed by atoms with Gasteiger partial charge in [-0.1, -0.05) is 13.8 Å². The molecule has 1 heterocycles. The Balaban J connectivity index is 0.000000461. The summed E-state index contributed by atoms with van der Waals surface area (Å²) in [4.78, 5) is 7.89. The van der Waals surface area contributed by atoms with Crippen LogP contribution in [0.1, 0.15) is 13.8 Å². The SMILES string of the molecule is CC.CN=c1ccncn1C. The van der Waals surface area contributed by atoms with Crippen LogP contribution >= 0.6 is 0 Å². The summed E-state index contributed by atoms with van der Waals surface area (Å²) in [6, 6.07) is 1.86. The highest BCUT2D eigenvalue weighted by atomic mass is 15.0. The van der Waals surface area contributed by atoms with Crippen molar-refractivity contribution in [2.24, 2.45) is 12.0 Å². The Hall–Kier alpha value is -1.12. The fraction of sp³-hybridized carbons (Fsp3) is 0.500. The van der Waals surface area contributed by atoms with Gasteiger partial charge in [-0.3, -0.25) is 4.99 Å². The molecule has 62 valence electrons. The van der Waals surface area contributed by atoms with E-state index in [1.165, 1.54) is 0 Å². The molecule has 0 aliphatic heterocycles. The van der Waals surface area contributed by atoms with Crippen LogP contribution in [0.5, 0.6) is 0 Å². The Bertz CT molecular complexity index is 250. The Morgan fingerprint density at radius 1 is 1.45 bits per heavy atom. The molecule has 11 heavy (non-hydrogen) atoms. The van der Waals surface area contributed by atoms with Crippen LogP contribution in [-0.2, 0) is 7.05 Å². The average molecular weight is 153 g/mol. The first kappa shape index (κ1) is 9.88. The lowest BCUT2D eigenvalue weighted by molar-refractivity contribution is 0.796. The van der Waals surface area contributed by atoms with Crippen molar-refractivity contribution >= 4 is 0 Å². The van der Waals surface area contributed by atoms with Crippen LogP contribution in [-0.4, -0.2) is 16.6 Å². The summed E-state index contributed by atoms with van der Waals surface area (Å²) < 4.78 is 1.86. The van der Waals surface area contributed by atoms with E-state index in [2.05, 4.69) is 9.98 Å². The summed E-state index contributed by atoms with van der Waals surface area (Å²) >= 11 is 0. The van der Waals surface area contributed by atoms with E-state index < -0.39 is 0 Å². The van der Waals surface area contributed by atoms with Crippen molar-refractivity contribution in [3.63, 3.8) is 0 Å². The lowest BCUT2D eigenvalue weighted by Crippen LogP contribution is -2.16. The van der Waals surface area contributed by atoms with E-state index in [1.54, 1.807) is 19.6 Å². The van der Waals surface area contributed by atoms with Gasteiger partial charge in [0, 0.05) is 20.3 Å². The van der Waals surface area contributed by atoms with Crippen molar-refractivity contribution in [3.8, 4) is 0 Å². The highest BCUT2D eigenvalue weighted by Gasteiger charge is 1.79. The molecule has 0 radical (unpaired) electrons. The summed E-state index contributed by atoms with van der Waals surface area (Å²) in [5, 5.41) is 0. The quantitative estimate of drug-likeness (QED) is 0.546. The van der Waals surface area contributed by atoms with Crippen LogP contribution in [0.3, 0.4) is 0 Å². The van der Waals surface area contributed by atoms with Crippen LogP contribution in [0.25, 0.3) is 0 Å². The summed E-state index contributed by atoms with van der Waals surface area (Å²) in [5.41, 5.74) is 0.935. The summed E-state index contributed by atoms with van der Waals surface area (Å²) in [6.45, 7) is 4.00. The zero-order valence-electron chi connectivity index (χ0n) is 7.57. The minimum Gasteiger partial charge on any atom is -0.321 e. The lowest BCUT2D eigenvalue weighted by atomic mass is 10.6. The Morgan fingerprint density at radius 3 is 2.45 bits per heavy atom. The van der Waals surface area contributed by atoms with E-state index in [-0.39, 0.29) is 0 Å². The molecule has 0 aliphatic carbocycles. The van der Waals surface area contributed by atoms with Gasteiger partial charge in [0.15, 0.2) is 0 Å². The van der Waals surface area contributed by atoms with Crippen molar-refractivity contribution in [1.29, 1.82) is 0 Å². The normalized spacial score (nSPS) is 10.4. The van der Waals surface area contributed by atoms with Crippen molar-refractivity contribution < 1.29 is 0 Å². The maximum Gasteiger partial charge on any atom is 0.129 e. The molecule has 3 heteroatoms. The fourth-order valence-corrected chi connectivity index (χ4v) is 0.657. The molecule has 1 aromatic heterocycles. The molecule has 0 fully saturated rings. The van der Waals surface area contributed by atoms with E-state index >= 15 is 0 Å². The van der Waals surface area contributed by atoms with Crippen LogP contribution in [0, 0.1) is 0 Å². The van der Waals surface area contributed by atoms with Gasteiger partial charge in [0.1, 0.15) is 5.49 Å². The molecule has 0 spiro atoms. The summed E-state index contributed by atoms with van der Waals surface area (Å²) in [5.74, 6) is 0. The Kier molecular flexibility index (Phi) is 5.07. The molecule has 0 aliphatic rings. The molecule has 1 aromatic rings. The summed E-state index contributed by atoms with van der Waals surface area (Å²) in [7, 11) is 3.67. The highest BCUT2D eigenvalue weighted by Crippen LogP contribution is 1.67. The second-order valence-corrected chi connectivity index (χ2v) is 1.77. The van der Waals surface area contributed by atoms with Gasteiger partial charge < -0.3 is 4.57 Å². The molecule has 1 rings (SSSR count). The van der Waals surface area contributed by atoms with Gasteiger partial charge in [0.2, 0.25) is 0 Å². The molecular weight excluding hydrogens is 138 g/mol.